The van der Waals surface area contributed by atoms with Crippen LogP contribution in [-0.2, 0) is 4.79 Å². The lowest BCUT2D eigenvalue weighted by atomic mass is 10.2. The number of nitrogens with zero attached hydrogens (tertiary/aromatic N) is 2. The Bertz CT molecular complexity index is 494. The topological polar surface area (TPSA) is 47.6 Å². The molecule has 0 unspecified atom stereocenters. The monoisotopic (exact) mass is 390 g/mol. The number of aryl methyl sites for hydroxylation is 1. The summed E-state index contributed by atoms with van der Waals surface area (Å²) in [7, 11) is 1.93. The summed E-state index contributed by atoms with van der Waals surface area (Å²) in [5, 5.41) is 6.06. The minimum Gasteiger partial charge on any atom is -0.369 e. The van der Waals surface area contributed by atoms with E-state index in [9.17, 15) is 4.79 Å². The van der Waals surface area contributed by atoms with Crippen molar-refractivity contribution in [3.05, 3.63) is 29.8 Å². The molecule has 0 bridgehead atoms. The summed E-state index contributed by atoms with van der Waals surface area (Å²) >= 11 is 0. The molecule has 7 heteroatoms. The number of carbonyl (C=O) groups excluding carboxylic acids is 1. The summed E-state index contributed by atoms with van der Waals surface area (Å²) in [4.78, 5) is 16.6. The molecule has 0 radical (unpaired) electrons. The lowest BCUT2D eigenvalue weighted by Gasteiger charge is -2.36. The number of hydrogen-bond acceptors (Lipinski definition) is 4. The third-order valence-corrected chi connectivity index (χ3v) is 4.32. The van der Waals surface area contributed by atoms with Crippen molar-refractivity contribution in [2.75, 3.05) is 57.8 Å². The minimum absolute atomic E-state index is 0. The van der Waals surface area contributed by atoms with Crippen LogP contribution in [0, 0.1) is 6.92 Å². The van der Waals surface area contributed by atoms with Crippen LogP contribution in [0.5, 0.6) is 0 Å². The van der Waals surface area contributed by atoms with E-state index < -0.39 is 0 Å². The van der Waals surface area contributed by atoms with E-state index in [1.165, 1.54) is 11.3 Å². The van der Waals surface area contributed by atoms with Crippen LogP contribution in [0.2, 0.25) is 0 Å². The SMILES string of the molecule is CNCCCNC(=O)CCN1CCN(c2cccc(C)c2)CC1.Cl.Cl. The van der Waals surface area contributed by atoms with Gasteiger partial charge in [-0.2, -0.15) is 0 Å². The van der Waals surface area contributed by atoms with E-state index >= 15 is 0 Å². The molecule has 144 valence electrons. The second kappa shape index (κ2) is 13.2. The Balaban J connectivity index is 0.00000288. The van der Waals surface area contributed by atoms with Crippen LogP contribution in [0.25, 0.3) is 0 Å². The zero-order chi connectivity index (χ0) is 16.5. The standard InChI is InChI=1S/C18H30N4O.2ClH/c1-16-5-3-6-17(15-16)22-13-11-21(12-14-22)10-7-18(23)20-9-4-8-19-2;;/h3,5-6,15,19H,4,7-14H2,1-2H3,(H,20,23);2*1H. The van der Waals surface area contributed by atoms with Gasteiger partial charge in [-0.3, -0.25) is 9.69 Å². The number of anilines is 1. The van der Waals surface area contributed by atoms with E-state index in [1.54, 1.807) is 0 Å². The maximum Gasteiger partial charge on any atom is 0.221 e. The molecular weight excluding hydrogens is 359 g/mol. The van der Waals surface area contributed by atoms with Crippen LogP contribution < -0.4 is 15.5 Å². The normalized spacial score (nSPS) is 14.4. The fourth-order valence-corrected chi connectivity index (χ4v) is 2.90. The van der Waals surface area contributed by atoms with Crippen molar-refractivity contribution >= 4 is 36.4 Å². The first-order valence-corrected chi connectivity index (χ1v) is 8.64. The number of amides is 1. The summed E-state index contributed by atoms with van der Waals surface area (Å²) in [6.07, 6.45) is 1.58. The summed E-state index contributed by atoms with van der Waals surface area (Å²) < 4.78 is 0. The van der Waals surface area contributed by atoms with E-state index in [1.807, 2.05) is 7.05 Å². The average Bonchev–Trinajstić information content (AvgIpc) is 2.57. The summed E-state index contributed by atoms with van der Waals surface area (Å²) in [6, 6.07) is 8.68. The molecule has 2 N–H and O–H groups in total. The van der Waals surface area contributed by atoms with Gasteiger partial charge in [0.05, 0.1) is 0 Å². The maximum atomic E-state index is 11.8. The molecule has 1 fully saturated rings. The number of piperazine rings is 1. The third-order valence-electron chi connectivity index (χ3n) is 4.32. The fraction of sp³-hybridized carbons (Fsp3) is 0.611. The molecule has 1 saturated heterocycles. The average molecular weight is 391 g/mol. The molecule has 1 amide bonds. The fourth-order valence-electron chi connectivity index (χ4n) is 2.90. The summed E-state index contributed by atoms with van der Waals surface area (Å²) in [5.41, 5.74) is 2.62. The van der Waals surface area contributed by atoms with Gasteiger partial charge >= 0.3 is 0 Å². The van der Waals surface area contributed by atoms with Gasteiger partial charge in [0.1, 0.15) is 0 Å². The molecule has 0 aromatic heterocycles. The van der Waals surface area contributed by atoms with Gasteiger partial charge in [0.25, 0.3) is 0 Å². The zero-order valence-corrected chi connectivity index (χ0v) is 16.9. The highest BCUT2D eigenvalue weighted by atomic mass is 35.5. The predicted molar refractivity (Wildman–Crippen MR) is 110 cm³/mol. The Labute approximate surface area is 164 Å². The van der Waals surface area contributed by atoms with Crippen molar-refractivity contribution in [3.8, 4) is 0 Å². The third kappa shape index (κ3) is 8.77. The number of hydrogen-bond donors (Lipinski definition) is 2. The number of halogens is 2. The summed E-state index contributed by atoms with van der Waals surface area (Å²) in [6.45, 7) is 8.83. The molecule has 1 aliphatic heterocycles. The highest BCUT2D eigenvalue weighted by Gasteiger charge is 2.17. The Hall–Kier alpha value is -1.01. The van der Waals surface area contributed by atoms with Gasteiger partial charge in [-0.15, -0.1) is 24.8 Å². The van der Waals surface area contributed by atoms with Gasteiger partial charge in [-0.1, -0.05) is 12.1 Å². The second-order valence-corrected chi connectivity index (χ2v) is 6.22. The Morgan fingerprint density at radius 1 is 1.12 bits per heavy atom. The molecule has 0 saturated carbocycles. The molecule has 0 aliphatic carbocycles. The molecule has 1 aromatic carbocycles. The lowest BCUT2D eigenvalue weighted by Crippen LogP contribution is -2.47. The highest BCUT2D eigenvalue weighted by Crippen LogP contribution is 2.17. The first kappa shape index (κ1) is 24.0. The van der Waals surface area contributed by atoms with Crippen LogP contribution in [0.3, 0.4) is 0 Å². The van der Waals surface area contributed by atoms with Crippen molar-refractivity contribution in [2.45, 2.75) is 19.8 Å². The Morgan fingerprint density at radius 3 is 2.48 bits per heavy atom. The van der Waals surface area contributed by atoms with Gasteiger partial charge in [0.15, 0.2) is 0 Å². The Kier molecular flexibility index (Phi) is 12.7. The second-order valence-electron chi connectivity index (χ2n) is 6.22. The van der Waals surface area contributed by atoms with Crippen molar-refractivity contribution in [3.63, 3.8) is 0 Å². The molecule has 0 atom stereocenters. The minimum atomic E-state index is 0. The van der Waals surface area contributed by atoms with Crippen LogP contribution in [0.1, 0.15) is 18.4 Å². The van der Waals surface area contributed by atoms with Gasteiger partial charge in [0.2, 0.25) is 5.91 Å². The van der Waals surface area contributed by atoms with Crippen LogP contribution >= 0.6 is 24.8 Å². The van der Waals surface area contributed by atoms with Gasteiger partial charge in [0, 0.05) is 51.4 Å². The number of carbonyl (C=O) groups is 1. The quantitative estimate of drug-likeness (QED) is 0.667. The van der Waals surface area contributed by atoms with E-state index in [0.717, 1.165) is 52.2 Å². The first-order chi connectivity index (χ1) is 11.2. The molecule has 1 heterocycles. The molecule has 0 spiro atoms. The maximum absolute atomic E-state index is 11.8. The van der Waals surface area contributed by atoms with Crippen molar-refractivity contribution in [1.29, 1.82) is 0 Å². The Morgan fingerprint density at radius 2 is 1.84 bits per heavy atom. The lowest BCUT2D eigenvalue weighted by molar-refractivity contribution is -0.121. The van der Waals surface area contributed by atoms with E-state index in [4.69, 9.17) is 0 Å². The van der Waals surface area contributed by atoms with Crippen molar-refractivity contribution < 1.29 is 4.79 Å². The van der Waals surface area contributed by atoms with Gasteiger partial charge in [-0.05, 0) is 44.6 Å². The highest BCUT2D eigenvalue weighted by molar-refractivity contribution is 5.85. The van der Waals surface area contributed by atoms with Crippen LogP contribution in [0.15, 0.2) is 24.3 Å². The predicted octanol–water partition coefficient (Wildman–Crippen LogP) is 2.08. The molecule has 25 heavy (non-hydrogen) atoms. The largest absolute Gasteiger partial charge is 0.369 e. The van der Waals surface area contributed by atoms with Crippen molar-refractivity contribution in [1.82, 2.24) is 15.5 Å². The molecule has 1 aromatic rings. The zero-order valence-electron chi connectivity index (χ0n) is 15.3. The summed E-state index contributed by atoms with van der Waals surface area (Å²) in [5.74, 6) is 0.169. The number of rotatable bonds is 8. The first-order valence-electron chi connectivity index (χ1n) is 8.64. The number of nitrogens with one attached hydrogen (secondary N) is 2. The van der Waals surface area contributed by atoms with E-state index in [0.29, 0.717) is 6.42 Å². The van der Waals surface area contributed by atoms with E-state index in [-0.39, 0.29) is 30.7 Å². The number of benzene rings is 1. The van der Waals surface area contributed by atoms with Crippen LogP contribution in [0.4, 0.5) is 5.69 Å². The van der Waals surface area contributed by atoms with Gasteiger partial charge in [-0.25, -0.2) is 0 Å². The van der Waals surface area contributed by atoms with Crippen molar-refractivity contribution in [2.24, 2.45) is 0 Å². The van der Waals surface area contributed by atoms with Gasteiger partial charge < -0.3 is 15.5 Å². The molecular formula is C18H32Cl2N4O. The van der Waals surface area contributed by atoms with E-state index in [2.05, 4.69) is 51.6 Å². The smallest absolute Gasteiger partial charge is 0.221 e. The molecule has 1 aliphatic rings. The molecule has 2 rings (SSSR count). The molecule has 5 nitrogen and oxygen atoms in total. The van der Waals surface area contributed by atoms with Crippen LogP contribution in [-0.4, -0.2) is 63.7 Å².